The number of aromatic nitrogens is 2. The predicted octanol–water partition coefficient (Wildman–Crippen LogP) is 1.82. The van der Waals surface area contributed by atoms with E-state index in [1.807, 2.05) is 0 Å². The fraction of sp³-hybridized carbons (Fsp3) is 0.400. The molecule has 0 saturated heterocycles. The van der Waals surface area contributed by atoms with E-state index in [-0.39, 0.29) is 5.82 Å². The number of nitrogens with zero attached hydrogens (tertiary/aromatic N) is 3. The van der Waals surface area contributed by atoms with Crippen molar-refractivity contribution in [3.05, 3.63) is 53.9 Å². The van der Waals surface area contributed by atoms with Crippen LogP contribution in [0.5, 0.6) is 0 Å². The van der Waals surface area contributed by atoms with Gasteiger partial charge in [0.25, 0.3) is 10.2 Å². The van der Waals surface area contributed by atoms with Crippen molar-refractivity contribution >= 4 is 10.2 Å². The fourth-order valence-corrected chi connectivity index (χ4v) is 3.74. The number of imidazole rings is 1. The molecule has 8 heteroatoms. The quantitative estimate of drug-likeness (QED) is 0.836. The van der Waals surface area contributed by atoms with Gasteiger partial charge in [0.1, 0.15) is 17.7 Å². The van der Waals surface area contributed by atoms with Crippen LogP contribution in [0.15, 0.2) is 36.7 Å². The molecule has 126 valence electrons. The van der Waals surface area contributed by atoms with Gasteiger partial charge in [0.15, 0.2) is 0 Å². The molecular weight excluding hydrogens is 319 g/mol. The number of halogens is 1. The molecule has 6 nitrogen and oxygen atoms in total. The summed E-state index contributed by atoms with van der Waals surface area (Å²) in [5.74, 6) is 0.159. The van der Waals surface area contributed by atoms with Gasteiger partial charge in [-0.15, -0.1) is 0 Å². The van der Waals surface area contributed by atoms with Crippen LogP contribution in [0.4, 0.5) is 4.39 Å². The van der Waals surface area contributed by atoms with Crippen molar-refractivity contribution in [2.24, 2.45) is 7.05 Å². The minimum absolute atomic E-state index is 0.364. The molecule has 1 atom stereocenters. The van der Waals surface area contributed by atoms with Gasteiger partial charge in [-0.2, -0.15) is 17.4 Å². The zero-order valence-corrected chi connectivity index (χ0v) is 14.2. The lowest BCUT2D eigenvalue weighted by atomic mass is 10.1. The Bertz CT molecular complexity index is 739. The van der Waals surface area contributed by atoms with Gasteiger partial charge in [0.05, 0.1) is 0 Å². The van der Waals surface area contributed by atoms with Crippen molar-refractivity contribution in [1.29, 1.82) is 0 Å². The molecule has 0 amide bonds. The van der Waals surface area contributed by atoms with E-state index in [2.05, 4.69) is 9.71 Å². The Morgan fingerprint density at radius 1 is 1.26 bits per heavy atom. The maximum absolute atomic E-state index is 13.2. The summed E-state index contributed by atoms with van der Waals surface area (Å²) in [6.07, 6.45) is 3.33. The molecule has 1 aromatic carbocycles. The Hall–Kier alpha value is -1.77. The molecule has 1 heterocycles. The van der Waals surface area contributed by atoms with Crippen LogP contribution < -0.4 is 4.72 Å². The molecule has 0 radical (unpaired) electrons. The monoisotopic (exact) mass is 340 g/mol. The molecule has 0 aliphatic carbocycles. The van der Waals surface area contributed by atoms with Gasteiger partial charge < -0.3 is 4.57 Å². The highest BCUT2D eigenvalue weighted by atomic mass is 32.2. The van der Waals surface area contributed by atoms with E-state index in [1.54, 1.807) is 50.0 Å². The second-order valence-corrected chi connectivity index (χ2v) is 6.79. The van der Waals surface area contributed by atoms with E-state index < -0.39 is 16.3 Å². The van der Waals surface area contributed by atoms with Crippen molar-refractivity contribution in [3.8, 4) is 0 Å². The second kappa shape index (κ2) is 7.20. The largest absolute Gasteiger partial charge is 0.336 e. The molecule has 23 heavy (non-hydrogen) atoms. The van der Waals surface area contributed by atoms with Crippen molar-refractivity contribution in [1.82, 2.24) is 18.6 Å². The normalized spacial score (nSPS) is 13.4. The minimum atomic E-state index is -3.69. The van der Waals surface area contributed by atoms with Gasteiger partial charge in [0.2, 0.25) is 0 Å². The van der Waals surface area contributed by atoms with Gasteiger partial charge in [-0.3, -0.25) is 0 Å². The third-order valence-corrected chi connectivity index (χ3v) is 5.36. The molecule has 0 spiro atoms. The van der Waals surface area contributed by atoms with Gasteiger partial charge in [0, 0.05) is 32.5 Å². The first-order chi connectivity index (χ1) is 10.9. The Balaban J connectivity index is 2.43. The number of hydrogen-bond acceptors (Lipinski definition) is 3. The first-order valence-electron chi connectivity index (χ1n) is 7.39. The lowest BCUT2D eigenvalue weighted by Gasteiger charge is -2.24. The molecule has 2 rings (SSSR count). The summed E-state index contributed by atoms with van der Waals surface area (Å²) in [4.78, 5) is 4.23. The van der Waals surface area contributed by atoms with E-state index in [1.165, 1.54) is 16.4 Å². The lowest BCUT2D eigenvalue weighted by Crippen LogP contribution is -2.43. The summed E-state index contributed by atoms with van der Waals surface area (Å²) in [6, 6.07) is 5.02. The van der Waals surface area contributed by atoms with Crippen LogP contribution in [0.25, 0.3) is 0 Å². The van der Waals surface area contributed by atoms with Crippen molar-refractivity contribution in [2.75, 3.05) is 13.1 Å². The minimum Gasteiger partial charge on any atom is -0.336 e. The summed E-state index contributed by atoms with van der Waals surface area (Å²) >= 11 is 0. The average Bonchev–Trinajstić information content (AvgIpc) is 2.93. The third kappa shape index (κ3) is 3.95. The highest BCUT2D eigenvalue weighted by molar-refractivity contribution is 7.87. The lowest BCUT2D eigenvalue weighted by molar-refractivity contribution is 0.428. The fourth-order valence-electron chi connectivity index (χ4n) is 2.37. The van der Waals surface area contributed by atoms with E-state index in [0.29, 0.717) is 24.5 Å². The Morgan fingerprint density at radius 3 is 2.35 bits per heavy atom. The number of rotatable bonds is 7. The summed E-state index contributed by atoms with van der Waals surface area (Å²) < 4.78 is 44.0. The highest BCUT2D eigenvalue weighted by Crippen LogP contribution is 2.22. The van der Waals surface area contributed by atoms with Crippen molar-refractivity contribution in [3.63, 3.8) is 0 Å². The van der Waals surface area contributed by atoms with E-state index in [4.69, 9.17) is 0 Å². The first kappa shape index (κ1) is 17.6. The Kier molecular flexibility index (Phi) is 5.51. The van der Waals surface area contributed by atoms with Gasteiger partial charge in [-0.25, -0.2) is 9.37 Å². The molecule has 1 N–H and O–H groups in total. The number of hydrogen-bond donors (Lipinski definition) is 1. The molecule has 0 aliphatic heterocycles. The topological polar surface area (TPSA) is 67.2 Å². The molecule has 0 fully saturated rings. The molecule has 2 aromatic rings. The SMILES string of the molecule is CCN(CC)S(=O)(=O)N[C@@H](c1ccc(F)cc1)c1nccn1C. The zero-order chi connectivity index (χ0) is 17.0. The van der Waals surface area contributed by atoms with Gasteiger partial charge in [-0.1, -0.05) is 26.0 Å². The van der Waals surface area contributed by atoms with Crippen LogP contribution in [-0.2, 0) is 17.3 Å². The van der Waals surface area contributed by atoms with Crippen molar-refractivity contribution in [2.45, 2.75) is 19.9 Å². The smallest absolute Gasteiger partial charge is 0.280 e. The summed E-state index contributed by atoms with van der Waals surface area (Å²) in [5, 5.41) is 0. The number of nitrogens with one attached hydrogen (secondary N) is 1. The molecule has 0 saturated carbocycles. The summed E-state index contributed by atoms with van der Waals surface area (Å²) in [7, 11) is -1.90. The standard InChI is InChI=1S/C15H21FN4O2S/c1-4-20(5-2)23(21,22)18-14(15-17-10-11-19(15)3)12-6-8-13(16)9-7-12/h6-11,14,18H,4-5H2,1-3H3/t14-/m0/s1. The van der Waals surface area contributed by atoms with E-state index in [0.717, 1.165) is 0 Å². The van der Waals surface area contributed by atoms with E-state index >= 15 is 0 Å². The zero-order valence-electron chi connectivity index (χ0n) is 13.4. The molecular formula is C15H21FN4O2S. The van der Waals surface area contributed by atoms with Gasteiger partial charge >= 0.3 is 0 Å². The van der Waals surface area contributed by atoms with Crippen LogP contribution in [-0.4, -0.2) is 35.4 Å². The molecule has 0 bridgehead atoms. The molecule has 1 aromatic heterocycles. The van der Waals surface area contributed by atoms with Crippen LogP contribution in [0.1, 0.15) is 31.3 Å². The average molecular weight is 340 g/mol. The summed E-state index contributed by atoms with van der Waals surface area (Å²) in [6.45, 7) is 4.28. The summed E-state index contributed by atoms with van der Waals surface area (Å²) in [5.41, 5.74) is 0.622. The van der Waals surface area contributed by atoms with Crippen LogP contribution in [0.3, 0.4) is 0 Å². The first-order valence-corrected chi connectivity index (χ1v) is 8.83. The van der Waals surface area contributed by atoms with Crippen LogP contribution in [0.2, 0.25) is 0 Å². The highest BCUT2D eigenvalue weighted by Gasteiger charge is 2.27. The maximum atomic E-state index is 13.2. The van der Waals surface area contributed by atoms with Crippen LogP contribution in [0, 0.1) is 5.82 Å². The van der Waals surface area contributed by atoms with Gasteiger partial charge in [-0.05, 0) is 17.7 Å². The maximum Gasteiger partial charge on any atom is 0.280 e. The number of aryl methyl sites for hydroxylation is 1. The Morgan fingerprint density at radius 2 is 1.87 bits per heavy atom. The van der Waals surface area contributed by atoms with E-state index in [9.17, 15) is 12.8 Å². The third-order valence-electron chi connectivity index (χ3n) is 3.63. The number of benzene rings is 1. The molecule has 0 unspecified atom stereocenters. The predicted molar refractivity (Wildman–Crippen MR) is 86.4 cm³/mol. The second-order valence-electron chi connectivity index (χ2n) is 5.09. The Labute approximate surface area is 136 Å². The van der Waals surface area contributed by atoms with Crippen molar-refractivity contribution < 1.29 is 12.8 Å². The molecule has 0 aliphatic rings. The van der Waals surface area contributed by atoms with Crippen LogP contribution >= 0.6 is 0 Å².